The lowest BCUT2D eigenvalue weighted by molar-refractivity contribution is 0.102. The van der Waals surface area contributed by atoms with Crippen LogP contribution < -0.4 is 28.0 Å². The van der Waals surface area contributed by atoms with E-state index in [-0.39, 0.29) is 21.8 Å². The molecule has 6 N–H and O–H groups in total. The molecule has 3 rings (SSSR count). The normalized spacial score (nSPS) is 12.1. The monoisotopic (exact) mass is 455 g/mol. The number of fused-ring (bicyclic) bond motifs is 1. The van der Waals surface area contributed by atoms with E-state index in [1.165, 1.54) is 6.07 Å². The minimum Gasteiger partial charge on any atom is -0.321 e. The van der Waals surface area contributed by atoms with Crippen molar-refractivity contribution in [3.05, 3.63) is 69.2 Å². The first kappa shape index (κ1) is 23.2. The number of halogens is 1. The van der Waals surface area contributed by atoms with Gasteiger partial charge >= 0.3 is 0 Å². The third kappa shape index (κ3) is 5.06. The molecule has 168 valence electrons. The lowest BCUT2D eigenvalue weighted by Gasteiger charge is -2.18. The van der Waals surface area contributed by atoms with Gasteiger partial charge < -0.3 is 16.6 Å². The molecule has 0 radical (unpaired) electrons. The molecule has 9 nitrogen and oxygen atoms in total. The maximum absolute atomic E-state index is 13.1. The Bertz CT molecular complexity index is 1250. The van der Waals surface area contributed by atoms with Crippen LogP contribution in [0.25, 0.3) is 10.9 Å². The first-order valence-electron chi connectivity index (χ1n) is 9.98. The van der Waals surface area contributed by atoms with Gasteiger partial charge in [0.15, 0.2) is 5.84 Å². The second kappa shape index (κ2) is 9.37. The lowest BCUT2D eigenvalue weighted by Crippen LogP contribution is -2.32. The number of hydrogen-bond acceptors (Lipinski definition) is 6. The van der Waals surface area contributed by atoms with Crippen molar-refractivity contribution in [3.63, 3.8) is 0 Å². The number of aromatic nitrogens is 2. The summed E-state index contributed by atoms with van der Waals surface area (Å²) in [6, 6.07) is 9.75. The Balaban J connectivity index is 1.94. The van der Waals surface area contributed by atoms with Gasteiger partial charge in [0.25, 0.3) is 11.5 Å². The highest BCUT2D eigenvalue weighted by Crippen LogP contribution is 2.23. The molecule has 0 saturated carbocycles. The van der Waals surface area contributed by atoms with Gasteiger partial charge in [-0.05, 0) is 42.2 Å². The van der Waals surface area contributed by atoms with E-state index in [4.69, 9.17) is 23.3 Å². The van der Waals surface area contributed by atoms with Crippen molar-refractivity contribution in [2.24, 2.45) is 22.2 Å². The molecule has 0 aliphatic carbocycles. The zero-order valence-corrected chi connectivity index (χ0v) is 18.9. The molecule has 0 bridgehead atoms. The predicted molar refractivity (Wildman–Crippen MR) is 128 cm³/mol. The van der Waals surface area contributed by atoms with Gasteiger partial charge in [0.05, 0.1) is 27.9 Å². The highest BCUT2D eigenvalue weighted by molar-refractivity contribution is 6.34. The zero-order valence-electron chi connectivity index (χ0n) is 18.1. The van der Waals surface area contributed by atoms with Gasteiger partial charge in [-0.3, -0.25) is 14.2 Å². The minimum absolute atomic E-state index is 0.0709. The minimum atomic E-state index is -0.428. The number of nitrogens with two attached hydrogens (primary N) is 2. The van der Waals surface area contributed by atoms with Crippen LogP contribution in [0.3, 0.4) is 0 Å². The molecule has 10 heteroatoms. The van der Waals surface area contributed by atoms with Gasteiger partial charge in [-0.1, -0.05) is 38.4 Å². The molecule has 0 unspecified atom stereocenters. The van der Waals surface area contributed by atoms with Crippen molar-refractivity contribution in [2.45, 2.75) is 33.7 Å². The SMILES string of the molecule is CC(C)(C)CCn1cnc2cccc(NC(=O)c3ccc(/C(=N/N)NN)c(Cl)c3)c2c1=O. The summed E-state index contributed by atoms with van der Waals surface area (Å²) in [5, 5.41) is 6.90. The van der Waals surface area contributed by atoms with E-state index >= 15 is 0 Å². The molecule has 1 aromatic heterocycles. The number of hydrazone groups is 1. The molecule has 0 fully saturated rings. The molecule has 3 aromatic rings. The summed E-state index contributed by atoms with van der Waals surface area (Å²) >= 11 is 6.27. The number of rotatable bonds is 5. The van der Waals surface area contributed by atoms with Crippen LogP contribution in [0.4, 0.5) is 5.69 Å². The van der Waals surface area contributed by atoms with E-state index in [1.54, 1.807) is 41.2 Å². The molecular weight excluding hydrogens is 430 g/mol. The first-order valence-corrected chi connectivity index (χ1v) is 10.4. The molecule has 2 aromatic carbocycles. The van der Waals surface area contributed by atoms with Gasteiger partial charge in [-0.25, -0.2) is 10.8 Å². The first-order chi connectivity index (χ1) is 15.1. The fourth-order valence-electron chi connectivity index (χ4n) is 3.15. The van der Waals surface area contributed by atoms with Crippen molar-refractivity contribution in [1.29, 1.82) is 0 Å². The molecule has 0 atom stereocenters. The van der Waals surface area contributed by atoms with Crippen LogP contribution in [-0.2, 0) is 6.54 Å². The zero-order chi connectivity index (χ0) is 23.5. The molecule has 0 saturated heterocycles. The Kier molecular flexibility index (Phi) is 6.81. The van der Waals surface area contributed by atoms with Crippen molar-refractivity contribution >= 4 is 39.9 Å². The fraction of sp³-hybridized carbons (Fsp3) is 0.273. The number of benzene rings is 2. The van der Waals surface area contributed by atoms with E-state index in [2.05, 4.69) is 41.6 Å². The second-order valence-corrected chi connectivity index (χ2v) is 8.93. The molecule has 0 aliphatic rings. The number of amides is 1. The van der Waals surface area contributed by atoms with Crippen LogP contribution in [0.15, 0.2) is 52.6 Å². The average molecular weight is 456 g/mol. The maximum atomic E-state index is 13.1. The van der Waals surface area contributed by atoms with Gasteiger partial charge in [0.2, 0.25) is 0 Å². The molecular formula is C22H26ClN7O2. The largest absolute Gasteiger partial charge is 0.321 e. The van der Waals surface area contributed by atoms with Crippen molar-refractivity contribution < 1.29 is 4.79 Å². The fourth-order valence-corrected chi connectivity index (χ4v) is 3.42. The summed E-state index contributed by atoms with van der Waals surface area (Å²) in [5.74, 6) is 10.4. The smallest absolute Gasteiger partial charge is 0.263 e. The van der Waals surface area contributed by atoms with Gasteiger partial charge in [0, 0.05) is 17.7 Å². The Morgan fingerprint density at radius 1 is 1.25 bits per heavy atom. The van der Waals surface area contributed by atoms with E-state index < -0.39 is 5.91 Å². The van der Waals surface area contributed by atoms with Crippen LogP contribution in [-0.4, -0.2) is 21.3 Å². The lowest BCUT2D eigenvalue weighted by atomic mass is 9.92. The number of nitrogens with zero attached hydrogens (tertiary/aromatic N) is 3. The van der Waals surface area contributed by atoms with Crippen molar-refractivity contribution in [3.8, 4) is 0 Å². The molecule has 0 aliphatic heterocycles. The molecule has 1 amide bonds. The standard InChI is InChI=1S/C22H26ClN7O2/c1-22(2,3)9-10-30-12-26-16-5-4-6-17(18(16)21(30)32)27-20(31)13-7-8-14(15(23)11-13)19(28-24)29-25/h4-8,11-12H,9-10,24-25H2,1-3H3,(H,27,31)(H,28,29). The summed E-state index contributed by atoms with van der Waals surface area (Å²) < 4.78 is 1.57. The Labute approximate surface area is 190 Å². The summed E-state index contributed by atoms with van der Waals surface area (Å²) in [6.45, 7) is 6.87. The third-order valence-electron chi connectivity index (χ3n) is 4.96. The number of hydrazine groups is 1. The van der Waals surface area contributed by atoms with Crippen molar-refractivity contribution in [2.75, 3.05) is 5.32 Å². The highest BCUT2D eigenvalue weighted by Gasteiger charge is 2.16. The summed E-state index contributed by atoms with van der Waals surface area (Å²) in [6.07, 6.45) is 2.35. The van der Waals surface area contributed by atoms with E-state index in [0.717, 1.165) is 6.42 Å². The molecule has 1 heterocycles. The summed E-state index contributed by atoms with van der Waals surface area (Å²) in [4.78, 5) is 30.4. The number of amidine groups is 1. The quantitative estimate of drug-likeness (QED) is 0.202. The Hall–Kier alpha value is -3.43. The summed E-state index contributed by atoms with van der Waals surface area (Å²) in [7, 11) is 0. The Morgan fingerprint density at radius 3 is 2.62 bits per heavy atom. The van der Waals surface area contributed by atoms with E-state index in [0.29, 0.717) is 34.3 Å². The molecule has 32 heavy (non-hydrogen) atoms. The van der Waals surface area contributed by atoms with Crippen LogP contribution in [0.5, 0.6) is 0 Å². The topological polar surface area (TPSA) is 140 Å². The number of hydrogen-bond donors (Lipinski definition) is 4. The second-order valence-electron chi connectivity index (χ2n) is 8.52. The number of carbonyl (C=O) groups excluding carboxylic acids is 1. The molecule has 0 spiro atoms. The maximum Gasteiger partial charge on any atom is 0.263 e. The number of anilines is 1. The average Bonchev–Trinajstić information content (AvgIpc) is 2.74. The van der Waals surface area contributed by atoms with Crippen molar-refractivity contribution in [1.82, 2.24) is 15.0 Å². The number of carbonyl (C=O) groups is 1. The third-order valence-corrected chi connectivity index (χ3v) is 5.27. The number of aryl methyl sites for hydroxylation is 1. The van der Waals surface area contributed by atoms with E-state index in [1.807, 2.05) is 0 Å². The van der Waals surface area contributed by atoms with Gasteiger partial charge in [-0.15, -0.1) is 0 Å². The summed E-state index contributed by atoms with van der Waals surface area (Å²) in [5.41, 5.74) is 3.83. The van der Waals surface area contributed by atoms with Crippen LogP contribution in [0.1, 0.15) is 43.1 Å². The van der Waals surface area contributed by atoms with Crippen LogP contribution in [0.2, 0.25) is 5.02 Å². The van der Waals surface area contributed by atoms with Crippen LogP contribution in [0, 0.1) is 5.41 Å². The number of nitrogens with one attached hydrogen (secondary N) is 2. The Morgan fingerprint density at radius 2 is 2.00 bits per heavy atom. The van der Waals surface area contributed by atoms with Gasteiger partial charge in [0.1, 0.15) is 0 Å². The predicted octanol–water partition coefficient (Wildman–Crippen LogP) is 2.82. The van der Waals surface area contributed by atoms with Crippen LogP contribution >= 0.6 is 11.6 Å². The van der Waals surface area contributed by atoms with E-state index in [9.17, 15) is 9.59 Å². The van der Waals surface area contributed by atoms with Gasteiger partial charge in [-0.2, -0.15) is 5.10 Å². The highest BCUT2D eigenvalue weighted by atomic mass is 35.5.